The van der Waals surface area contributed by atoms with Crippen LogP contribution in [-0.4, -0.2) is 22.8 Å². The monoisotopic (exact) mass is 418 g/mol. The molecule has 1 atom stereocenters. The summed E-state index contributed by atoms with van der Waals surface area (Å²) in [4.78, 5) is 26.8. The first-order valence-corrected chi connectivity index (χ1v) is 10.0. The van der Waals surface area contributed by atoms with Gasteiger partial charge in [0.2, 0.25) is 0 Å². The number of carbonyl (C=O) groups is 2. The first kappa shape index (κ1) is 22.0. The van der Waals surface area contributed by atoms with Crippen molar-refractivity contribution >= 4 is 17.9 Å². The quantitative estimate of drug-likeness (QED) is 0.499. The van der Waals surface area contributed by atoms with Crippen LogP contribution in [0.3, 0.4) is 0 Å². The largest absolute Gasteiger partial charge is 0.489 e. The molecule has 0 aromatic heterocycles. The van der Waals surface area contributed by atoms with E-state index in [1.165, 1.54) is 12.1 Å². The molecule has 1 heterocycles. The second-order valence-electron chi connectivity index (χ2n) is 7.39. The Bertz CT molecular complexity index is 1090. The molecule has 2 aromatic carbocycles. The van der Waals surface area contributed by atoms with Gasteiger partial charge < -0.3 is 4.74 Å². The number of nitrogens with zero attached hydrogens (tertiary/aromatic N) is 2. The normalized spacial score (nSPS) is 16.5. The summed E-state index contributed by atoms with van der Waals surface area (Å²) in [5, 5.41) is 9.45. The van der Waals surface area contributed by atoms with Gasteiger partial charge >= 0.3 is 0 Å². The Morgan fingerprint density at radius 2 is 1.74 bits per heavy atom. The Morgan fingerprint density at radius 3 is 2.32 bits per heavy atom. The molecule has 0 fully saturated rings. The van der Waals surface area contributed by atoms with Gasteiger partial charge in [-0.3, -0.25) is 14.5 Å². The third kappa shape index (κ3) is 4.72. The van der Waals surface area contributed by atoms with E-state index in [0.717, 1.165) is 16.0 Å². The standard InChI is InChI=1S/C25H23FN2O3/c1-4-16(2)28-24(29)22(17(3)23(14-27)25(28)30)13-18-7-11-21(12-8-18)31-15-19-5-9-20(26)10-6-19/h5-13,16H,4,15H2,1-3H3/b22-13+. The Hall–Kier alpha value is -3.72. The molecule has 0 saturated heterocycles. The van der Waals surface area contributed by atoms with Crippen molar-refractivity contribution in [2.75, 3.05) is 0 Å². The number of nitriles is 1. The van der Waals surface area contributed by atoms with Gasteiger partial charge in [0.25, 0.3) is 11.8 Å². The summed E-state index contributed by atoms with van der Waals surface area (Å²) in [6.07, 6.45) is 2.28. The number of benzene rings is 2. The highest BCUT2D eigenvalue weighted by molar-refractivity contribution is 6.19. The third-order valence-electron chi connectivity index (χ3n) is 5.31. The molecule has 0 saturated carbocycles. The molecule has 0 spiro atoms. The second kappa shape index (κ2) is 9.40. The molecule has 1 unspecified atom stereocenters. The Kier molecular flexibility index (Phi) is 6.66. The Morgan fingerprint density at radius 1 is 1.10 bits per heavy atom. The highest BCUT2D eigenvalue weighted by Crippen LogP contribution is 2.29. The molecule has 0 aliphatic carbocycles. The fourth-order valence-corrected chi connectivity index (χ4v) is 3.26. The van der Waals surface area contributed by atoms with E-state index in [0.29, 0.717) is 29.9 Å². The number of halogens is 1. The summed E-state index contributed by atoms with van der Waals surface area (Å²) in [6, 6.07) is 14.9. The lowest BCUT2D eigenvalue weighted by Crippen LogP contribution is -2.47. The number of rotatable bonds is 6. The van der Waals surface area contributed by atoms with Crippen molar-refractivity contribution in [3.63, 3.8) is 0 Å². The smallest absolute Gasteiger partial charge is 0.271 e. The minimum atomic E-state index is -0.541. The summed E-state index contributed by atoms with van der Waals surface area (Å²) in [6.45, 7) is 5.60. The maximum Gasteiger partial charge on any atom is 0.271 e. The van der Waals surface area contributed by atoms with Crippen molar-refractivity contribution in [2.24, 2.45) is 0 Å². The summed E-state index contributed by atoms with van der Waals surface area (Å²) in [5.74, 6) is -0.604. The molecule has 3 rings (SSSR count). The van der Waals surface area contributed by atoms with Crippen LogP contribution in [0.2, 0.25) is 0 Å². The lowest BCUT2D eigenvalue weighted by Gasteiger charge is -2.31. The van der Waals surface area contributed by atoms with Gasteiger partial charge in [-0.15, -0.1) is 0 Å². The molecule has 2 aromatic rings. The van der Waals surface area contributed by atoms with Crippen LogP contribution in [0.25, 0.3) is 6.08 Å². The first-order valence-electron chi connectivity index (χ1n) is 10.0. The number of amides is 2. The lowest BCUT2D eigenvalue weighted by atomic mass is 9.92. The summed E-state index contributed by atoms with van der Waals surface area (Å²) >= 11 is 0. The van der Waals surface area contributed by atoms with Crippen LogP contribution in [0.15, 0.2) is 65.3 Å². The molecule has 6 heteroatoms. The van der Waals surface area contributed by atoms with Gasteiger partial charge in [-0.1, -0.05) is 31.2 Å². The zero-order valence-electron chi connectivity index (χ0n) is 17.7. The van der Waals surface area contributed by atoms with Crippen LogP contribution < -0.4 is 4.74 Å². The van der Waals surface area contributed by atoms with E-state index < -0.39 is 11.8 Å². The van der Waals surface area contributed by atoms with E-state index >= 15 is 0 Å². The minimum absolute atomic E-state index is 0.00889. The van der Waals surface area contributed by atoms with Crippen LogP contribution in [0, 0.1) is 17.1 Å². The van der Waals surface area contributed by atoms with Crippen molar-refractivity contribution in [1.82, 2.24) is 4.90 Å². The van der Waals surface area contributed by atoms with E-state index in [1.54, 1.807) is 56.3 Å². The topological polar surface area (TPSA) is 70.4 Å². The number of hydrogen-bond acceptors (Lipinski definition) is 4. The molecule has 1 aliphatic rings. The van der Waals surface area contributed by atoms with Crippen molar-refractivity contribution < 1.29 is 18.7 Å². The molecule has 5 nitrogen and oxygen atoms in total. The molecule has 158 valence electrons. The van der Waals surface area contributed by atoms with Crippen molar-refractivity contribution in [3.8, 4) is 11.8 Å². The molecular weight excluding hydrogens is 395 g/mol. The SMILES string of the molecule is CCC(C)N1C(=O)C(C#N)=C(C)/C(=C\c2ccc(OCc3ccc(F)cc3)cc2)C1=O. The average Bonchev–Trinajstić information content (AvgIpc) is 2.77. The lowest BCUT2D eigenvalue weighted by molar-refractivity contribution is -0.142. The van der Waals surface area contributed by atoms with Gasteiger partial charge in [0.15, 0.2) is 0 Å². The first-order chi connectivity index (χ1) is 14.8. The Labute approximate surface area is 181 Å². The van der Waals surface area contributed by atoms with Gasteiger partial charge in [-0.05, 0) is 67.3 Å². The van der Waals surface area contributed by atoms with E-state index in [1.807, 2.05) is 13.0 Å². The van der Waals surface area contributed by atoms with Gasteiger partial charge in [-0.2, -0.15) is 5.26 Å². The van der Waals surface area contributed by atoms with E-state index in [2.05, 4.69) is 0 Å². The summed E-state index contributed by atoms with van der Waals surface area (Å²) in [5.41, 5.74) is 2.29. The van der Waals surface area contributed by atoms with E-state index in [4.69, 9.17) is 4.74 Å². The Balaban J connectivity index is 1.83. The highest BCUT2D eigenvalue weighted by atomic mass is 19.1. The maximum absolute atomic E-state index is 13.0. The van der Waals surface area contributed by atoms with Crippen LogP contribution in [-0.2, 0) is 16.2 Å². The fraction of sp³-hybridized carbons (Fsp3) is 0.240. The molecule has 0 N–H and O–H groups in total. The van der Waals surface area contributed by atoms with Gasteiger partial charge in [0.1, 0.15) is 29.8 Å². The fourth-order valence-electron chi connectivity index (χ4n) is 3.26. The molecule has 31 heavy (non-hydrogen) atoms. The summed E-state index contributed by atoms with van der Waals surface area (Å²) < 4.78 is 18.7. The number of hydrogen-bond donors (Lipinski definition) is 0. The van der Waals surface area contributed by atoms with Crippen molar-refractivity contribution in [2.45, 2.75) is 39.8 Å². The van der Waals surface area contributed by atoms with Gasteiger partial charge in [0, 0.05) is 11.6 Å². The van der Waals surface area contributed by atoms with E-state index in [9.17, 15) is 19.2 Å². The molecule has 1 aliphatic heterocycles. The highest BCUT2D eigenvalue weighted by Gasteiger charge is 2.37. The number of imide groups is 1. The number of carbonyl (C=O) groups excluding carboxylic acids is 2. The van der Waals surface area contributed by atoms with Crippen LogP contribution in [0.4, 0.5) is 4.39 Å². The molecule has 2 amide bonds. The van der Waals surface area contributed by atoms with Gasteiger partial charge in [-0.25, -0.2) is 4.39 Å². The predicted molar refractivity (Wildman–Crippen MR) is 115 cm³/mol. The van der Waals surface area contributed by atoms with Crippen LogP contribution >= 0.6 is 0 Å². The number of ether oxygens (including phenoxy) is 1. The van der Waals surface area contributed by atoms with Gasteiger partial charge in [0.05, 0.1) is 0 Å². The summed E-state index contributed by atoms with van der Waals surface area (Å²) in [7, 11) is 0. The zero-order chi connectivity index (χ0) is 22.5. The van der Waals surface area contributed by atoms with Crippen LogP contribution in [0.1, 0.15) is 38.3 Å². The van der Waals surface area contributed by atoms with E-state index in [-0.39, 0.29) is 17.4 Å². The van der Waals surface area contributed by atoms with Crippen LogP contribution in [0.5, 0.6) is 5.75 Å². The second-order valence-corrected chi connectivity index (χ2v) is 7.39. The molecule has 0 radical (unpaired) electrons. The van der Waals surface area contributed by atoms with Crippen molar-refractivity contribution in [3.05, 3.63) is 82.2 Å². The third-order valence-corrected chi connectivity index (χ3v) is 5.31. The average molecular weight is 418 g/mol. The molecule has 0 bridgehead atoms. The molecular formula is C25H23FN2O3. The zero-order valence-corrected chi connectivity index (χ0v) is 17.7. The maximum atomic E-state index is 13.0. The van der Waals surface area contributed by atoms with Crippen molar-refractivity contribution in [1.29, 1.82) is 5.26 Å². The predicted octanol–water partition coefficient (Wildman–Crippen LogP) is 4.80. The minimum Gasteiger partial charge on any atom is -0.489 e.